The molecule has 1 aliphatic carbocycles. The molecule has 1 aliphatic rings. The quantitative estimate of drug-likeness (QED) is 0.701. The van der Waals surface area contributed by atoms with E-state index in [1.54, 1.807) is 0 Å². The van der Waals surface area contributed by atoms with E-state index in [9.17, 15) is 4.79 Å². The Morgan fingerprint density at radius 3 is 2.40 bits per heavy atom. The predicted molar refractivity (Wildman–Crippen MR) is 62.4 cm³/mol. The van der Waals surface area contributed by atoms with Gasteiger partial charge in [0.25, 0.3) is 0 Å². The molecule has 1 aromatic rings. The van der Waals surface area contributed by atoms with Crippen molar-refractivity contribution in [2.75, 3.05) is 11.9 Å². The Balaban J connectivity index is 2.10. The Morgan fingerprint density at radius 2 is 1.93 bits per heavy atom. The van der Waals surface area contributed by atoms with Gasteiger partial charge in [0.2, 0.25) is 0 Å². The molecule has 0 aliphatic heterocycles. The first kappa shape index (κ1) is 10.2. The zero-order valence-corrected chi connectivity index (χ0v) is 9.31. The van der Waals surface area contributed by atoms with Crippen molar-refractivity contribution in [2.45, 2.75) is 25.8 Å². The fraction of sp³-hybridized carbons (Fsp3) is 0.462. The first-order valence-corrected chi connectivity index (χ1v) is 5.50. The molecule has 1 fully saturated rings. The van der Waals surface area contributed by atoms with Crippen LogP contribution in [0.25, 0.3) is 0 Å². The number of hydrogen-bond donors (Lipinski definition) is 0. The van der Waals surface area contributed by atoms with Gasteiger partial charge in [-0.05, 0) is 49.9 Å². The van der Waals surface area contributed by atoms with Gasteiger partial charge in [-0.3, -0.25) is 4.79 Å². The molecule has 2 rings (SSSR count). The molecular formula is C13H17NO. The average Bonchev–Trinajstić information content (AvgIpc) is 3.11. The highest BCUT2D eigenvalue weighted by atomic mass is 16.1. The number of anilines is 1. The maximum absolute atomic E-state index is 10.5. The molecule has 1 atom stereocenters. The fourth-order valence-corrected chi connectivity index (χ4v) is 1.92. The van der Waals surface area contributed by atoms with E-state index in [1.807, 2.05) is 24.3 Å². The number of carbonyl (C=O) groups excluding carboxylic acids is 1. The van der Waals surface area contributed by atoms with Crippen molar-refractivity contribution in [2.24, 2.45) is 5.92 Å². The zero-order valence-electron chi connectivity index (χ0n) is 9.31. The van der Waals surface area contributed by atoms with E-state index in [2.05, 4.69) is 18.9 Å². The molecule has 0 spiro atoms. The van der Waals surface area contributed by atoms with Crippen LogP contribution < -0.4 is 4.90 Å². The highest BCUT2D eigenvalue weighted by molar-refractivity contribution is 5.75. The monoisotopic (exact) mass is 203 g/mol. The molecule has 0 heterocycles. The summed E-state index contributed by atoms with van der Waals surface area (Å²) in [5.74, 6) is 0.862. The maximum Gasteiger partial charge on any atom is 0.150 e. The van der Waals surface area contributed by atoms with E-state index in [-0.39, 0.29) is 0 Å². The summed E-state index contributed by atoms with van der Waals surface area (Å²) in [6.45, 7) is 2.27. The average molecular weight is 203 g/mol. The molecule has 2 heteroatoms. The third kappa shape index (κ3) is 2.20. The fourth-order valence-electron chi connectivity index (χ4n) is 1.92. The van der Waals surface area contributed by atoms with E-state index in [0.717, 1.165) is 17.8 Å². The lowest BCUT2D eigenvalue weighted by molar-refractivity contribution is 0.112. The molecule has 0 N–H and O–H groups in total. The molecule has 15 heavy (non-hydrogen) atoms. The van der Waals surface area contributed by atoms with Crippen molar-refractivity contribution < 1.29 is 4.79 Å². The Hall–Kier alpha value is -1.31. The predicted octanol–water partition coefficient (Wildman–Crippen LogP) is 2.73. The number of hydrogen-bond acceptors (Lipinski definition) is 2. The molecular weight excluding hydrogens is 186 g/mol. The van der Waals surface area contributed by atoms with Gasteiger partial charge in [-0.25, -0.2) is 0 Å². The second-order valence-electron chi connectivity index (χ2n) is 4.40. The standard InChI is InChI=1S/C13H17NO/c1-10(12-5-6-12)14(2)13-7-3-11(9-15)4-8-13/h3-4,7-10,12H,5-6H2,1-2H3. The second kappa shape index (κ2) is 4.05. The first-order valence-electron chi connectivity index (χ1n) is 5.50. The summed E-state index contributed by atoms with van der Waals surface area (Å²) in [5.41, 5.74) is 1.94. The molecule has 80 valence electrons. The molecule has 0 saturated heterocycles. The largest absolute Gasteiger partial charge is 0.372 e. The molecule has 0 amide bonds. The van der Waals surface area contributed by atoms with Crippen LogP contribution >= 0.6 is 0 Å². The SMILES string of the molecule is CC(C1CC1)N(C)c1ccc(C=O)cc1. The molecule has 2 nitrogen and oxygen atoms in total. The van der Waals surface area contributed by atoms with Crippen molar-refractivity contribution in [3.63, 3.8) is 0 Å². The smallest absolute Gasteiger partial charge is 0.150 e. The van der Waals surface area contributed by atoms with E-state index in [1.165, 1.54) is 18.5 Å². The van der Waals surface area contributed by atoms with Crippen LogP contribution in [-0.2, 0) is 0 Å². The molecule has 1 aromatic carbocycles. The van der Waals surface area contributed by atoms with Crippen LogP contribution in [0.2, 0.25) is 0 Å². The van der Waals surface area contributed by atoms with Gasteiger partial charge in [0.15, 0.2) is 0 Å². The van der Waals surface area contributed by atoms with Gasteiger partial charge in [0, 0.05) is 24.3 Å². The second-order valence-corrected chi connectivity index (χ2v) is 4.40. The summed E-state index contributed by atoms with van der Waals surface area (Å²) in [4.78, 5) is 12.8. The van der Waals surface area contributed by atoms with Crippen molar-refractivity contribution in [1.29, 1.82) is 0 Å². The molecule has 1 saturated carbocycles. The Labute approximate surface area is 90.9 Å². The summed E-state index contributed by atoms with van der Waals surface area (Å²) in [6, 6.07) is 8.38. The van der Waals surface area contributed by atoms with E-state index < -0.39 is 0 Å². The van der Waals surface area contributed by atoms with Gasteiger partial charge in [0.1, 0.15) is 6.29 Å². The highest BCUT2D eigenvalue weighted by Gasteiger charge is 2.30. The summed E-state index contributed by atoms with van der Waals surface area (Å²) in [7, 11) is 2.12. The molecule has 0 aromatic heterocycles. The number of aldehydes is 1. The third-order valence-corrected chi connectivity index (χ3v) is 3.35. The van der Waals surface area contributed by atoms with Crippen LogP contribution in [-0.4, -0.2) is 19.4 Å². The van der Waals surface area contributed by atoms with E-state index >= 15 is 0 Å². The highest BCUT2D eigenvalue weighted by Crippen LogP contribution is 2.36. The minimum Gasteiger partial charge on any atom is -0.372 e. The van der Waals surface area contributed by atoms with Crippen LogP contribution in [0, 0.1) is 5.92 Å². The number of nitrogens with zero attached hydrogens (tertiary/aromatic N) is 1. The van der Waals surface area contributed by atoms with Crippen LogP contribution in [0.3, 0.4) is 0 Å². The van der Waals surface area contributed by atoms with E-state index in [4.69, 9.17) is 0 Å². The van der Waals surface area contributed by atoms with Crippen LogP contribution in [0.15, 0.2) is 24.3 Å². The Bertz CT molecular complexity index is 340. The Kier molecular flexibility index (Phi) is 2.76. The van der Waals surface area contributed by atoms with Gasteiger partial charge in [-0.1, -0.05) is 0 Å². The van der Waals surface area contributed by atoms with E-state index in [0.29, 0.717) is 6.04 Å². The van der Waals surface area contributed by atoms with Gasteiger partial charge < -0.3 is 4.90 Å². The van der Waals surface area contributed by atoms with Crippen molar-refractivity contribution in [1.82, 2.24) is 0 Å². The number of benzene rings is 1. The van der Waals surface area contributed by atoms with Crippen LogP contribution in [0.1, 0.15) is 30.1 Å². The summed E-state index contributed by atoms with van der Waals surface area (Å²) < 4.78 is 0. The normalized spacial score (nSPS) is 17.2. The van der Waals surface area contributed by atoms with Crippen LogP contribution in [0.5, 0.6) is 0 Å². The van der Waals surface area contributed by atoms with Crippen molar-refractivity contribution in [3.05, 3.63) is 29.8 Å². The number of rotatable bonds is 4. The Morgan fingerprint density at radius 1 is 1.33 bits per heavy atom. The minimum absolute atomic E-state index is 0.604. The van der Waals surface area contributed by atoms with Gasteiger partial charge in [-0.2, -0.15) is 0 Å². The van der Waals surface area contributed by atoms with Gasteiger partial charge in [-0.15, -0.1) is 0 Å². The molecule has 0 radical (unpaired) electrons. The molecule has 1 unspecified atom stereocenters. The molecule has 0 bridgehead atoms. The number of carbonyl (C=O) groups is 1. The summed E-state index contributed by atoms with van der Waals surface area (Å²) in [6.07, 6.45) is 3.60. The summed E-state index contributed by atoms with van der Waals surface area (Å²) >= 11 is 0. The van der Waals surface area contributed by atoms with Crippen molar-refractivity contribution >= 4 is 12.0 Å². The van der Waals surface area contributed by atoms with Crippen molar-refractivity contribution in [3.8, 4) is 0 Å². The van der Waals surface area contributed by atoms with Crippen LogP contribution in [0.4, 0.5) is 5.69 Å². The third-order valence-electron chi connectivity index (χ3n) is 3.35. The lowest BCUT2D eigenvalue weighted by Crippen LogP contribution is -2.30. The maximum atomic E-state index is 10.5. The first-order chi connectivity index (χ1) is 7.22. The minimum atomic E-state index is 0.604. The summed E-state index contributed by atoms with van der Waals surface area (Å²) in [5, 5.41) is 0. The lowest BCUT2D eigenvalue weighted by Gasteiger charge is -2.27. The topological polar surface area (TPSA) is 20.3 Å². The van der Waals surface area contributed by atoms with Gasteiger partial charge in [0.05, 0.1) is 0 Å². The lowest BCUT2D eigenvalue weighted by atomic mass is 10.1. The zero-order chi connectivity index (χ0) is 10.8. The van der Waals surface area contributed by atoms with Gasteiger partial charge >= 0.3 is 0 Å².